The second kappa shape index (κ2) is 10.7. The van der Waals surface area contributed by atoms with Crippen LogP contribution in [0, 0.1) is 0 Å². The summed E-state index contributed by atoms with van der Waals surface area (Å²) in [6, 6.07) is 21.9. The van der Waals surface area contributed by atoms with Gasteiger partial charge < -0.3 is 9.84 Å². The molecule has 172 valence electrons. The van der Waals surface area contributed by atoms with E-state index in [9.17, 15) is 14.7 Å². The molecule has 0 spiro atoms. The topological polar surface area (TPSA) is 79.2 Å². The Morgan fingerprint density at radius 3 is 2.53 bits per heavy atom. The molecule has 4 rings (SSSR count). The number of amidine groups is 1. The summed E-state index contributed by atoms with van der Waals surface area (Å²) in [6.07, 6.45) is 1.82. The zero-order chi connectivity index (χ0) is 24.1. The molecular weight excluding hydrogens is 516 g/mol. The van der Waals surface area contributed by atoms with E-state index < -0.39 is 5.97 Å². The Morgan fingerprint density at radius 1 is 1.12 bits per heavy atom. The lowest BCUT2D eigenvalue weighted by Gasteiger charge is -2.12. The van der Waals surface area contributed by atoms with Gasteiger partial charge in [-0.05, 0) is 78.4 Å². The molecule has 1 heterocycles. The molecule has 8 heteroatoms. The SMILES string of the molecule is CCN1C(=O)C(=Cc2ccc(OCc3ccc(Br)cc3)cc2)SC1=Nc1cccc(C(=O)O)c1. The maximum Gasteiger partial charge on any atom is 0.335 e. The van der Waals surface area contributed by atoms with E-state index in [0.717, 1.165) is 21.3 Å². The van der Waals surface area contributed by atoms with Gasteiger partial charge in [0.15, 0.2) is 5.17 Å². The molecule has 6 nitrogen and oxygen atoms in total. The van der Waals surface area contributed by atoms with Crippen LogP contribution in [0.3, 0.4) is 0 Å². The molecule has 0 bridgehead atoms. The van der Waals surface area contributed by atoms with Crippen molar-refractivity contribution >= 4 is 56.5 Å². The fourth-order valence-corrected chi connectivity index (χ4v) is 4.57. The number of likely N-dealkylation sites (N-methyl/N-ethyl adjacent to an activating group) is 1. The van der Waals surface area contributed by atoms with Gasteiger partial charge in [0.1, 0.15) is 12.4 Å². The first-order valence-corrected chi connectivity index (χ1v) is 12.1. The minimum atomic E-state index is -1.02. The molecular formula is C26H21BrN2O4S. The van der Waals surface area contributed by atoms with Gasteiger partial charge in [-0.25, -0.2) is 9.79 Å². The third kappa shape index (κ3) is 5.76. The highest BCUT2D eigenvalue weighted by Gasteiger charge is 2.32. The maximum absolute atomic E-state index is 12.9. The van der Waals surface area contributed by atoms with Gasteiger partial charge in [0.25, 0.3) is 5.91 Å². The van der Waals surface area contributed by atoms with Crippen molar-refractivity contribution in [3.05, 3.63) is 98.9 Å². The Hall–Kier alpha value is -3.36. The second-order valence-electron chi connectivity index (χ2n) is 7.39. The average molecular weight is 537 g/mol. The van der Waals surface area contributed by atoms with E-state index in [4.69, 9.17) is 4.74 Å². The number of rotatable bonds is 7. The number of aliphatic imine (C=N–C) groups is 1. The van der Waals surface area contributed by atoms with Crippen molar-refractivity contribution in [3.63, 3.8) is 0 Å². The Morgan fingerprint density at radius 2 is 1.85 bits per heavy atom. The van der Waals surface area contributed by atoms with Crippen molar-refractivity contribution < 1.29 is 19.4 Å². The summed E-state index contributed by atoms with van der Waals surface area (Å²) < 4.78 is 6.87. The Bertz CT molecular complexity index is 1270. The molecule has 0 atom stereocenters. The first-order valence-electron chi connectivity index (χ1n) is 10.5. The second-order valence-corrected chi connectivity index (χ2v) is 9.32. The summed E-state index contributed by atoms with van der Waals surface area (Å²) in [6.45, 7) is 2.81. The number of thioether (sulfide) groups is 1. The van der Waals surface area contributed by atoms with Crippen LogP contribution < -0.4 is 4.74 Å². The van der Waals surface area contributed by atoms with Crippen LogP contribution in [0.4, 0.5) is 5.69 Å². The number of carboxylic acids is 1. The van der Waals surface area contributed by atoms with Crippen LogP contribution in [-0.2, 0) is 11.4 Å². The highest BCUT2D eigenvalue weighted by molar-refractivity contribution is 9.10. The zero-order valence-corrected chi connectivity index (χ0v) is 20.7. The third-order valence-electron chi connectivity index (χ3n) is 5.02. The predicted octanol–water partition coefficient (Wildman–Crippen LogP) is 6.35. The minimum absolute atomic E-state index is 0.129. The monoisotopic (exact) mass is 536 g/mol. The van der Waals surface area contributed by atoms with Crippen LogP contribution in [0.1, 0.15) is 28.4 Å². The lowest BCUT2D eigenvalue weighted by molar-refractivity contribution is -0.122. The lowest BCUT2D eigenvalue weighted by atomic mass is 10.2. The highest BCUT2D eigenvalue weighted by atomic mass is 79.9. The third-order valence-corrected chi connectivity index (χ3v) is 6.55. The van der Waals surface area contributed by atoms with E-state index in [0.29, 0.717) is 28.9 Å². The number of halogens is 1. The van der Waals surface area contributed by atoms with Gasteiger partial charge in [0, 0.05) is 11.0 Å². The summed E-state index contributed by atoms with van der Waals surface area (Å²) >= 11 is 4.70. The highest BCUT2D eigenvalue weighted by Crippen LogP contribution is 2.34. The van der Waals surface area contributed by atoms with E-state index >= 15 is 0 Å². The number of nitrogens with zero attached hydrogens (tertiary/aromatic N) is 2. The first-order chi connectivity index (χ1) is 16.4. The number of hydrogen-bond donors (Lipinski definition) is 1. The molecule has 3 aromatic rings. The standard InChI is InChI=1S/C26H21BrN2O4S/c1-2-29-24(30)23(34-26(29)28-21-5-3-4-19(15-21)25(31)32)14-17-8-12-22(13-9-17)33-16-18-6-10-20(27)11-7-18/h3-15H,2,16H2,1H3,(H,31,32). The quantitative estimate of drug-likeness (QED) is 0.356. The number of carbonyl (C=O) groups excluding carboxylic acids is 1. The van der Waals surface area contributed by atoms with Crippen LogP contribution >= 0.6 is 27.7 Å². The summed E-state index contributed by atoms with van der Waals surface area (Å²) in [7, 11) is 0. The smallest absolute Gasteiger partial charge is 0.335 e. The van der Waals surface area contributed by atoms with Gasteiger partial charge in [-0.15, -0.1) is 0 Å². The molecule has 1 N–H and O–H groups in total. The van der Waals surface area contributed by atoms with Gasteiger partial charge in [-0.3, -0.25) is 9.69 Å². The number of ether oxygens (including phenoxy) is 1. The van der Waals surface area contributed by atoms with E-state index in [1.807, 2.05) is 61.5 Å². The molecule has 1 aliphatic heterocycles. The number of amides is 1. The van der Waals surface area contributed by atoms with Crippen molar-refractivity contribution in [1.29, 1.82) is 0 Å². The van der Waals surface area contributed by atoms with Gasteiger partial charge in [-0.2, -0.15) is 0 Å². The molecule has 0 aliphatic carbocycles. The number of hydrogen-bond acceptors (Lipinski definition) is 5. The Labute approximate surface area is 210 Å². The summed E-state index contributed by atoms with van der Waals surface area (Å²) in [5.74, 6) is -0.406. The summed E-state index contributed by atoms with van der Waals surface area (Å²) in [5, 5.41) is 9.72. The Kier molecular flexibility index (Phi) is 7.49. The van der Waals surface area contributed by atoms with Gasteiger partial charge >= 0.3 is 5.97 Å². The van der Waals surface area contributed by atoms with Crippen LogP contribution in [0.25, 0.3) is 6.08 Å². The fourth-order valence-electron chi connectivity index (χ4n) is 3.25. The first kappa shape index (κ1) is 23.8. The van der Waals surface area contributed by atoms with E-state index in [2.05, 4.69) is 20.9 Å². The number of carbonyl (C=O) groups is 2. The maximum atomic E-state index is 12.9. The molecule has 34 heavy (non-hydrogen) atoms. The predicted molar refractivity (Wildman–Crippen MR) is 138 cm³/mol. The average Bonchev–Trinajstić information content (AvgIpc) is 3.13. The van der Waals surface area contributed by atoms with Crippen LogP contribution in [0.2, 0.25) is 0 Å². The molecule has 1 aliphatic rings. The van der Waals surface area contributed by atoms with Gasteiger partial charge in [-0.1, -0.05) is 46.3 Å². The van der Waals surface area contributed by atoms with Crippen molar-refractivity contribution in [2.24, 2.45) is 4.99 Å². The van der Waals surface area contributed by atoms with Crippen molar-refractivity contribution in [3.8, 4) is 5.75 Å². The van der Waals surface area contributed by atoms with Crippen molar-refractivity contribution in [2.45, 2.75) is 13.5 Å². The Balaban J connectivity index is 1.48. The number of carboxylic acid groups (broad SMARTS) is 1. The van der Waals surface area contributed by atoms with E-state index in [1.54, 1.807) is 17.0 Å². The molecule has 3 aromatic carbocycles. The number of benzene rings is 3. The minimum Gasteiger partial charge on any atom is -0.489 e. The lowest BCUT2D eigenvalue weighted by Crippen LogP contribution is -2.28. The molecule has 1 amide bonds. The van der Waals surface area contributed by atoms with E-state index in [-0.39, 0.29) is 11.5 Å². The largest absolute Gasteiger partial charge is 0.489 e. The van der Waals surface area contributed by atoms with Crippen molar-refractivity contribution in [1.82, 2.24) is 4.90 Å². The molecule has 1 saturated heterocycles. The molecule has 0 aromatic heterocycles. The molecule has 0 saturated carbocycles. The fraction of sp³-hybridized carbons (Fsp3) is 0.115. The van der Waals surface area contributed by atoms with Crippen LogP contribution in [0.5, 0.6) is 5.75 Å². The molecule has 1 fully saturated rings. The van der Waals surface area contributed by atoms with Crippen molar-refractivity contribution in [2.75, 3.05) is 6.54 Å². The summed E-state index contributed by atoms with van der Waals surface area (Å²) in [5.41, 5.74) is 2.58. The van der Waals surface area contributed by atoms with Crippen LogP contribution in [-0.4, -0.2) is 33.6 Å². The zero-order valence-electron chi connectivity index (χ0n) is 18.3. The summed E-state index contributed by atoms with van der Waals surface area (Å²) in [4.78, 5) is 30.8. The molecule has 0 unspecified atom stereocenters. The van der Waals surface area contributed by atoms with E-state index in [1.165, 1.54) is 23.9 Å². The van der Waals surface area contributed by atoms with Gasteiger partial charge in [0.2, 0.25) is 0 Å². The van der Waals surface area contributed by atoms with Gasteiger partial charge in [0.05, 0.1) is 16.2 Å². The van der Waals surface area contributed by atoms with Crippen LogP contribution in [0.15, 0.2) is 87.2 Å². The normalized spacial score (nSPS) is 15.8. The number of aromatic carboxylic acids is 1. The molecule has 0 radical (unpaired) electrons.